The SMILES string of the molecule is COc1cccc(C2CC2C(=O)NCC2(CO)CC2)c1. The first-order valence-corrected chi connectivity index (χ1v) is 7.20. The standard InChI is InChI=1S/C16H21NO3/c1-20-12-4-2-3-11(7-12)13-8-14(13)15(19)17-9-16(10-18)5-6-16/h2-4,7,13-14,18H,5-6,8-10H2,1H3,(H,17,19). The molecule has 2 atom stereocenters. The highest BCUT2D eigenvalue weighted by molar-refractivity contribution is 5.83. The third-order valence-corrected chi connectivity index (χ3v) is 4.58. The minimum Gasteiger partial charge on any atom is -0.497 e. The zero-order chi connectivity index (χ0) is 14.2. The molecule has 20 heavy (non-hydrogen) atoms. The van der Waals surface area contributed by atoms with E-state index in [-0.39, 0.29) is 23.8 Å². The molecule has 2 aliphatic rings. The molecule has 0 spiro atoms. The lowest BCUT2D eigenvalue weighted by atomic mass is 10.1. The molecular formula is C16H21NO3. The van der Waals surface area contributed by atoms with Crippen LogP contribution in [0.3, 0.4) is 0 Å². The van der Waals surface area contributed by atoms with Crippen molar-refractivity contribution in [1.29, 1.82) is 0 Å². The average Bonchev–Trinajstić information content (AvgIpc) is 3.39. The highest BCUT2D eigenvalue weighted by atomic mass is 16.5. The van der Waals surface area contributed by atoms with E-state index in [0.29, 0.717) is 12.5 Å². The molecule has 0 radical (unpaired) electrons. The molecule has 3 rings (SSSR count). The maximum atomic E-state index is 12.1. The Kier molecular flexibility index (Phi) is 3.42. The monoisotopic (exact) mass is 275 g/mol. The average molecular weight is 275 g/mol. The summed E-state index contributed by atoms with van der Waals surface area (Å²) >= 11 is 0. The summed E-state index contributed by atoms with van der Waals surface area (Å²) in [6, 6.07) is 7.94. The number of amides is 1. The maximum absolute atomic E-state index is 12.1. The lowest BCUT2D eigenvalue weighted by Crippen LogP contribution is -2.33. The molecule has 2 fully saturated rings. The van der Waals surface area contributed by atoms with Gasteiger partial charge in [0, 0.05) is 17.9 Å². The molecule has 108 valence electrons. The van der Waals surface area contributed by atoms with Gasteiger partial charge in [0.1, 0.15) is 5.75 Å². The largest absolute Gasteiger partial charge is 0.497 e. The molecule has 1 aromatic rings. The van der Waals surface area contributed by atoms with Crippen LogP contribution >= 0.6 is 0 Å². The van der Waals surface area contributed by atoms with E-state index < -0.39 is 0 Å². The summed E-state index contributed by atoms with van der Waals surface area (Å²) in [5.74, 6) is 1.36. The summed E-state index contributed by atoms with van der Waals surface area (Å²) in [5, 5.41) is 12.2. The van der Waals surface area contributed by atoms with Gasteiger partial charge in [-0.05, 0) is 42.9 Å². The van der Waals surface area contributed by atoms with Crippen molar-refractivity contribution in [2.24, 2.45) is 11.3 Å². The number of hydrogen-bond acceptors (Lipinski definition) is 3. The van der Waals surface area contributed by atoms with Gasteiger partial charge < -0.3 is 15.2 Å². The Morgan fingerprint density at radius 1 is 1.50 bits per heavy atom. The number of carbonyl (C=O) groups is 1. The van der Waals surface area contributed by atoms with E-state index in [1.54, 1.807) is 7.11 Å². The van der Waals surface area contributed by atoms with Gasteiger partial charge in [-0.3, -0.25) is 4.79 Å². The number of rotatable bonds is 6. The van der Waals surface area contributed by atoms with Crippen LogP contribution in [0, 0.1) is 11.3 Å². The Labute approximate surface area is 119 Å². The molecule has 1 aromatic carbocycles. The van der Waals surface area contributed by atoms with Crippen LogP contribution in [0.1, 0.15) is 30.7 Å². The molecular weight excluding hydrogens is 254 g/mol. The minimum atomic E-state index is -0.0178. The molecule has 0 aliphatic heterocycles. The highest BCUT2D eigenvalue weighted by Crippen LogP contribution is 2.49. The van der Waals surface area contributed by atoms with E-state index in [0.717, 1.165) is 25.0 Å². The first-order chi connectivity index (χ1) is 9.67. The van der Waals surface area contributed by atoms with Gasteiger partial charge in [-0.1, -0.05) is 12.1 Å². The summed E-state index contributed by atoms with van der Waals surface area (Å²) < 4.78 is 5.22. The lowest BCUT2D eigenvalue weighted by Gasteiger charge is -2.12. The molecule has 1 amide bonds. The Balaban J connectivity index is 1.54. The van der Waals surface area contributed by atoms with Crippen LogP contribution in [0.5, 0.6) is 5.75 Å². The fraction of sp³-hybridized carbons (Fsp3) is 0.562. The van der Waals surface area contributed by atoms with Crippen molar-refractivity contribution in [1.82, 2.24) is 5.32 Å². The normalized spacial score (nSPS) is 25.9. The molecule has 0 saturated heterocycles. The van der Waals surface area contributed by atoms with E-state index in [9.17, 15) is 9.90 Å². The smallest absolute Gasteiger partial charge is 0.223 e. The van der Waals surface area contributed by atoms with Crippen LogP contribution in [0.4, 0.5) is 0 Å². The van der Waals surface area contributed by atoms with Gasteiger partial charge in [-0.25, -0.2) is 0 Å². The van der Waals surface area contributed by atoms with E-state index in [1.165, 1.54) is 5.56 Å². The number of benzene rings is 1. The van der Waals surface area contributed by atoms with Gasteiger partial charge in [0.25, 0.3) is 0 Å². The Morgan fingerprint density at radius 2 is 2.30 bits per heavy atom. The molecule has 4 nitrogen and oxygen atoms in total. The van der Waals surface area contributed by atoms with Crippen molar-refractivity contribution in [3.8, 4) is 5.75 Å². The lowest BCUT2D eigenvalue weighted by molar-refractivity contribution is -0.122. The van der Waals surface area contributed by atoms with Crippen molar-refractivity contribution in [3.05, 3.63) is 29.8 Å². The number of hydrogen-bond donors (Lipinski definition) is 2. The number of aliphatic hydroxyl groups is 1. The van der Waals surface area contributed by atoms with Gasteiger partial charge in [-0.15, -0.1) is 0 Å². The first kappa shape index (κ1) is 13.4. The summed E-state index contributed by atoms with van der Waals surface area (Å²) in [4.78, 5) is 12.1. The minimum absolute atomic E-state index is 0.0178. The molecule has 2 aliphatic carbocycles. The van der Waals surface area contributed by atoms with Crippen LogP contribution < -0.4 is 10.1 Å². The van der Waals surface area contributed by atoms with E-state index in [1.807, 2.05) is 18.2 Å². The second kappa shape index (κ2) is 5.09. The van der Waals surface area contributed by atoms with Gasteiger partial charge in [0.2, 0.25) is 5.91 Å². The zero-order valence-electron chi connectivity index (χ0n) is 11.8. The zero-order valence-corrected chi connectivity index (χ0v) is 11.8. The number of carbonyl (C=O) groups excluding carboxylic acids is 1. The van der Waals surface area contributed by atoms with Gasteiger partial charge in [0.15, 0.2) is 0 Å². The topological polar surface area (TPSA) is 58.6 Å². The number of aliphatic hydroxyl groups excluding tert-OH is 1. The summed E-state index contributed by atoms with van der Waals surface area (Å²) in [7, 11) is 1.65. The van der Waals surface area contributed by atoms with Crippen LogP contribution in [-0.2, 0) is 4.79 Å². The van der Waals surface area contributed by atoms with Crippen LogP contribution in [0.2, 0.25) is 0 Å². The third-order valence-electron chi connectivity index (χ3n) is 4.58. The first-order valence-electron chi connectivity index (χ1n) is 7.20. The second-order valence-corrected chi connectivity index (χ2v) is 6.10. The Morgan fingerprint density at radius 3 is 2.95 bits per heavy atom. The molecule has 2 N–H and O–H groups in total. The summed E-state index contributed by atoms with van der Waals surface area (Å²) in [6.45, 7) is 0.793. The van der Waals surface area contributed by atoms with E-state index >= 15 is 0 Å². The summed E-state index contributed by atoms with van der Waals surface area (Å²) in [6.07, 6.45) is 2.95. The van der Waals surface area contributed by atoms with Crippen LogP contribution in [-0.4, -0.2) is 31.3 Å². The Bertz CT molecular complexity index is 510. The van der Waals surface area contributed by atoms with Gasteiger partial charge >= 0.3 is 0 Å². The van der Waals surface area contributed by atoms with Crippen LogP contribution in [0.25, 0.3) is 0 Å². The summed E-state index contributed by atoms with van der Waals surface area (Å²) in [5.41, 5.74) is 1.16. The molecule has 2 saturated carbocycles. The third kappa shape index (κ3) is 2.66. The molecule has 0 aromatic heterocycles. The Hall–Kier alpha value is -1.55. The number of ether oxygens (including phenoxy) is 1. The predicted octanol–water partition coefficient (Wildman–Crippen LogP) is 1.69. The van der Waals surface area contributed by atoms with Crippen molar-refractivity contribution < 1.29 is 14.6 Å². The van der Waals surface area contributed by atoms with Gasteiger partial charge in [-0.2, -0.15) is 0 Å². The number of nitrogens with one attached hydrogen (secondary N) is 1. The van der Waals surface area contributed by atoms with Crippen molar-refractivity contribution in [2.45, 2.75) is 25.2 Å². The second-order valence-electron chi connectivity index (χ2n) is 6.10. The van der Waals surface area contributed by atoms with E-state index in [2.05, 4.69) is 11.4 Å². The van der Waals surface area contributed by atoms with Crippen molar-refractivity contribution >= 4 is 5.91 Å². The predicted molar refractivity (Wildman–Crippen MR) is 75.6 cm³/mol. The fourth-order valence-electron chi connectivity index (χ4n) is 2.70. The molecule has 0 bridgehead atoms. The molecule has 4 heteroatoms. The highest BCUT2D eigenvalue weighted by Gasteiger charge is 2.46. The van der Waals surface area contributed by atoms with E-state index in [4.69, 9.17) is 4.74 Å². The van der Waals surface area contributed by atoms with Crippen molar-refractivity contribution in [3.63, 3.8) is 0 Å². The van der Waals surface area contributed by atoms with Gasteiger partial charge in [0.05, 0.1) is 13.7 Å². The maximum Gasteiger partial charge on any atom is 0.223 e. The van der Waals surface area contributed by atoms with Crippen LogP contribution in [0.15, 0.2) is 24.3 Å². The number of methoxy groups -OCH3 is 1. The fourth-order valence-corrected chi connectivity index (χ4v) is 2.70. The molecule has 0 heterocycles. The molecule has 2 unspecified atom stereocenters. The van der Waals surface area contributed by atoms with Crippen molar-refractivity contribution in [2.75, 3.05) is 20.3 Å². The quantitative estimate of drug-likeness (QED) is 0.830.